The molecule has 0 bridgehead atoms. The van der Waals surface area contributed by atoms with Crippen LogP contribution in [0.15, 0.2) is 41.3 Å². The van der Waals surface area contributed by atoms with Crippen LogP contribution in [0.25, 0.3) is 0 Å². The van der Waals surface area contributed by atoms with E-state index in [-0.39, 0.29) is 17.2 Å². The van der Waals surface area contributed by atoms with Gasteiger partial charge in [-0.2, -0.15) is 4.31 Å². The van der Waals surface area contributed by atoms with Crippen LogP contribution < -0.4 is 4.74 Å². The molecule has 0 heterocycles. The van der Waals surface area contributed by atoms with Crippen LogP contribution in [0.2, 0.25) is 0 Å². The first-order valence-corrected chi connectivity index (χ1v) is 9.13. The molecular formula is C18H22FNO3S. The van der Waals surface area contributed by atoms with E-state index in [4.69, 9.17) is 4.74 Å². The number of ether oxygens (including phenoxy) is 1. The molecule has 0 unspecified atom stereocenters. The summed E-state index contributed by atoms with van der Waals surface area (Å²) in [6.07, 6.45) is 0. The molecule has 0 radical (unpaired) electrons. The first-order chi connectivity index (χ1) is 11.3. The van der Waals surface area contributed by atoms with E-state index >= 15 is 0 Å². The van der Waals surface area contributed by atoms with Crippen LogP contribution in [-0.2, 0) is 16.6 Å². The summed E-state index contributed by atoms with van der Waals surface area (Å²) >= 11 is 0. The number of benzene rings is 2. The minimum absolute atomic E-state index is 0.104. The monoisotopic (exact) mass is 351 g/mol. The average molecular weight is 351 g/mol. The summed E-state index contributed by atoms with van der Waals surface area (Å²) in [6, 6.07) is 9.72. The fourth-order valence-corrected chi connectivity index (χ4v) is 4.25. The molecule has 130 valence electrons. The van der Waals surface area contributed by atoms with Gasteiger partial charge in [0.2, 0.25) is 10.0 Å². The van der Waals surface area contributed by atoms with E-state index < -0.39 is 15.8 Å². The third kappa shape index (κ3) is 3.76. The molecule has 0 aliphatic rings. The summed E-state index contributed by atoms with van der Waals surface area (Å²) in [7, 11) is -2.26. The lowest BCUT2D eigenvalue weighted by molar-refractivity contribution is 0.384. The molecule has 2 aromatic rings. The van der Waals surface area contributed by atoms with Gasteiger partial charge in [0, 0.05) is 13.1 Å². The van der Waals surface area contributed by atoms with Gasteiger partial charge >= 0.3 is 0 Å². The second-order valence-corrected chi connectivity index (χ2v) is 7.58. The van der Waals surface area contributed by atoms with E-state index in [0.717, 1.165) is 5.56 Å². The van der Waals surface area contributed by atoms with Gasteiger partial charge in [-0.25, -0.2) is 12.8 Å². The molecule has 0 saturated heterocycles. The number of halogens is 1. The van der Waals surface area contributed by atoms with Gasteiger partial charge in [-0.05, 0) is 43.2 Å². The number of aryl methyl sites for hydroxylation is 2. The summed E-state index contributed by atoms with van der Waals surface area (Å²) in [5, 5.41) is 0. The van der Waals surface area contributed by atoms with E-state index in [1.807, 2.05) is 13.0 Å². The van der Waals surface area contributed by atoms with Gasteiger partial charge in [0.1, 0.15) is 0 Å². The van der Waals surface area contributed by atoms with Gasteiger partial charge in [-0.1, -0.05) is 30.7 Å². The molecule has 0 fully saturated rings. The molecule has 0 N–H and O–H groups in total. The van der Waals surface area contributed by atoms with Crippen molar-refractivity contribution >= 4 is 10.0 Å². The van der Waals surface area contributed by atoms with Crippen molar-refractivity contribution in [3.8, 4) is 5.75 Å². The number of rotatable bonds is 6. The van der Waals surface area contributed by atoms with Gasteiger partial charge in [0.15, 0.2) is 11.6 Å². The standard InChI is InChI=1S/C18H22FNO3S/c1-5-20(12-15-7-8-17(23-4)16(19)11-15)24(21,22)18-9-6-13(2)10-14(18)3/h6-11H,5,12H2,1-4H3. The Morgan fingerprint density at radius 3 is 2.38 bits per heavy atom. The third-order valence-electron chi connectivity index (χ3n) is 3.88. The maximum Gasteiger partial charge on any atom is 0.243 e. The van der Waals surface area contributed by atoms with Crippen molar-refractivity contribution < 1.29 is 17.5 Å². The van der Waals surface area contributed by atoms with Crippen LogP contribution >= 0.6 is 0 Å². The maximum atomic E-state index is 13.8. The summed E-state index contributed by atoms with van der Waals surface area (Å²) in [5.74, 6) is -0.367. The first kappa shape index (κ1) is 18.4. The maximum absolute atomic E-state index is 13.8. The van der Waals surface area contributed by atoms with Gasteiger partial charge in [0.25, 0.3) is 0 Å². The molecule has 6 heteroatoms. The minimum atomic E-state index is -3.65. The highest BCUT2D eigenvalue weighted by atomic mass is 32.2. The van der Waals surface area contributed by atoms with Gasteiger partial charge in [-0.15, -0.1) is 0 Å². The molecule has 0 saturated carbocycles. The van der Waals surface area contributed by atoms with Crippen molar-refractivity contribution in [2.24, 2.45) is 0 Å². The van der Waals surface area contributed by atoms with Crippen LogP contribution in [0, 0.1) is 19.7 Å². The zero-order valence-electron chi connectivity index (χ0n) is 14.3. The summed E-state index contributed by atoms with van der Waals surface area (Å²) < 4.78 is 45.9. The molecule has 0 spiro atoms. The Labute approximate surface area is 142 Å². The predicted molar refractivity (Wildman–Crippen MR) is 92.1 cm³/mol. The highest BCUT2D eigenvalue weighted by molar-refractivity contribution is 7.89. The van der Waals surface area contributed by atoms with Gasteiger partial charge in [-0.3, -0.25) is 0 Å². The summed E-state index contributed by atoms with van der Waals surface area (Å²) in [4.78, 5) is 0.281. The summed E-state index contributed by atoms with van der Waals surface area (Å²) in [5.41, 5.74) is 2.28. The lowest BCUT2D eigenvalue weighted by Crippen LogP contribution is -2.31. The minimum Gasteiger partial charge on any atom is -0.494 e. The number of sulfonamides is 1. The molecule has 0 aliphatic carbocycles. The Bertz CT molecular complexity index is 834. The second kappa shape index (κ2) is 7.32. The van der Waals surface area contributed by atoms with Crippen molar-refractivity contribution in [3.05, 3.63) is 58.9 Å². The van der Waals surface area contributed by atoms with Crippen LogP contribution in [0.5, 0.6) is 5.75 Å². The molecule has 0 atom stereocenters. The smallest absolute Gasteiger partial charge is 0.243 e. The quantitative estimate of drug-likeness (QED) is 0.798. The van der Waals surface area contributed by atoms with E-state index in [1.165, 1.54) is 23.5 Å². The molecule has 24 heavy (non-hydrogen) atoms. The van der Waals surface area contributed by atoms with Crippen molar-refractivity contribution in [1.29, 1.82) is 0 Å². The van der Waals surface area contributed by atoms with Gasteiger partial charge < -0.3 is 4.74 Å². The van der Waals surface area contributed by atoms with Crippen molar-refractivity contribution in [2.75, 3.05) is 13.7 Å². The lowest BCUT2D eigenvalue weighted by atomic mass is 10.2. The zero-order valence-corrected chi connectivity index (χ0v) is 15.2. The number of nitrogens with zero attached hydrogens (tertiary/aromatic N) is 1. The van der Waals surface area contributed by atoms with Crippen molar-refractivity contribution in [1.82, 2.24) is 4.31 Å². The fourth-order valence-electron chi connectivity index (χ4n) is 2.61. The van der Waals surface area contributed by atoms with Crippen LogP contribution in [-0.4, -0.2) is 26.4 Å². The van der Waals surface area contributed by atoms with Crippen molar-refractivity contribution in [2.45, 2.75) is 32.2 Å². The Morgan fingerprint density at radius 2 is 1.83 bits per heavy atom. The van der Waals surface area contributed by atoms with Gasteiger partial charge in [0.05, 0.1) is 12.0 Å². The lowest BCUT2D eigenvalue weighted by Gasteiger charge is -2.22. The SMILES string of the molecule is CCN(Cc1ccc(OC)c(F)c1)S(=O)(=O)c1ccc(C)cc1C. The Kier molecular flexibility index (Phi) is 5.62. The largest absolute Gasteiger partial charge is 0.494 e. The average Bonchev–Trinajstić information content (AvgIpc) is 2.52. The molecule has 0 aliphatic heterocycles. The molecular weight excluding hydrogens is 329 g/mol. The van der Waals surface area contributed by atoms with Crippen LogP contribution in [0.4, 0.5) is 4.39 Å². The highest BCUT2D eigenvalue weighted by Crippen LogP contribution is 2.24. The number of methoxy groups -OCH3 is 1. The third-order valence-corrected chi connectivity index (χ3v) is 5.96. The second-order valence-electron chi connectivity index (χ2n) is 5.67. The topological polar surface area (TPSA) is 46.6 Å². The first-order valence-electron chi connectivity index (χ1n) is 7.69. The molecule has 0 amide bonds. The number of hydrogen-bond donors (Lipinski definition) is 0. The Hall–Kier alpha value is -1.92. The molecule has 4 nitrogen and oxygen atoms in total. The normalized spacial score (nSPS) is 11.8. The van der Waals surface area contributed by atoms with Crippen LogP contribution in [0.3, 0.4) is 0 Å². The molecule has 2 rings (SSSR count). The van der Waals surface area contributed by atoms with Crippen molar-refractivity contribution in [3.63, 3.8) is 0 Å². The predicted octanol–water partition coefficient (Wildman–Crippen LogP) is 3.66. The van der Waals surface area contributed by atoms with E-state index in [0.29, 0.717) is 17.7 Å². The number of hydrogen-bond acceptors (Lipinski definition) is 3. The molecule has 0 aromatic heterocycles. The highest BCUT2D eigenvalue weighted by Gasteiger charge is 2.25. The molecule has 2 aromatic carbocycles. The van der Waals surface area contributed by atoms with Crippen LogP contribution in [0.1, 0.15) is 23.6 Å². The zero-order chi connectivity index (χ0) is 17.9. The Morgan fingerprint density at radius 1 is 1.12 bits per heavy atom. The van der Waals surface area contributed by atoms with E-state index in [1.54, 1.807) is 32.0 Å². The Balaban J connectivity index is 2.34. The van der Waals surface area contributed by atoms with E-state index in [2.05, 4.69) is 0 Å². The summed E-state index contributed by atoms with van der Waals surface area (Å²) in [6.45, 7) is 5.86. The fraction of sp³-hybridized carbons (Fsp3) is 0.333. The van der Waals surface area contributed by atoms with E-state index in [9.17, 15) is 12.8 Å².